The highest BCUT2D eigenvalue weighted by Crippen LogP contribution is 2.40. The van der Waals surface area contributed by atoms with Crippen LogP contribution in [-0.4, -0.2) is 56.5 Å². The third kappa shape index (κ3) is 4.62. The Morgan fingerprint density at radius 3 is 2.57 bits per heavy atom. The molecule has 5 nitrogen and oxygen atoms in total. The Morgan fingerprint density at radius 2 is 1.93 bits per heavy atom. The van der Waals surface area contributed by atoms with Crippen LogP contribution >= 0.6 is 0 Å². The van der Waals surface area contributed by atoms with E-state index in [0.29, 0.717) is 24.1 Å². The minimum Gasteiger partial charge on any atom is -0.496 e. The number of alkyl halides is 3. The van der Waals surface area contributed by atoms with Crippen molar-refractivity contribution >= 4 is 18.5 Å². The maximum atomic E-state index is 12.8. The number of carbonyl (C=O) groups is 1. The Morgan fingerprint density at radius 1 is 1.23 bits per heavy atom. The van der Waals surface area contributed by atoms with Crippen LogP contribution in [0.2, 0.25) is 0 Å². The molecule has 1 saturated heterocycles. The fraction of sp³-hybridized carbons (Fsp3) is 0.667. The monoisotopic (exact) mass is 427 g/mol. The summed E-state index contributed by atoms with van der Waals surface area (Å²) in [5.41, 5.74) is 0.997. The van der Waals surface area contributed by atoms with Gasteiger partial charge in [0.15, 0.2) is 0 Å². The molecule has 0 N–H and O–H groups in total. The molecule has 0 unspecified atom stereocenters. The van der Waals surface area contributed by atoms with Gasteiger partial charge in [-0.1, -0.05) is 19.9 Å². The number of hydrogen-bond donors (Lipinski definition) is 0. The summed E-state index contributed by atoms with van der Waals surface area (Å²) in [6.07, 6.45) is -2.28. The zero-order chi connectivity index (χ0) is 22.3. The van der Waals surface area contributed by atoms with Crippen LogP contribution in [0.5, 0.6) is 5.75 Å². The lowest BCUT2D eigenvalue weighted by atomic mass is 9.69. The highest BCUT2D eigenvalue weighted by atomic mass is 19.4. The first-order valence-electron chi connectivity index (χ1n) is 10.2. The van der Waals surface area contributed by atoms with Crippen molar-refractivity contribution in [2.24, 2.45) is 5.41 Å². The number of benzene rings is 1. The van der Waals surface area contributed by atoms with Crippen LogP contribution in [0, 0.1) is 5.41 Å². The molecule has 2 aliphatic heterocycles. The van der Waals surface area contributed by atoms with Crippen molar-refractivity contribution in [1.82, 2.24) is 4.90 Å². The molecule has 0 bridgehead atoms. The van der Waals surface area contributed by atoms with Crippen molar-refractivity contribution < 1.29 is 32.0 Å². The highest BCUT2D eigenvalue weighted by molar-refractivity contribution is 6.61. The second-order valence-electron chi connectivity index (χ2n) is 9.17. The van der Waals surface area contributed by atoms with Crippen molar-refractivity contribution in [3.8, 4) is 5.75 Å². The molecule has 0 aromatic heterocycles. The number of halogens is 3. The molecule has 2 aliphatic rings. The number of nitrogens with zero attached hydrogens (tertiary/aromatic N) is 1. The number of hydrogen-bond acceptors (Lipinski definition) is 4. The average molecular weight is 427 g/mol. The molecule has 0 aliphatic carbocycles. The summed E-state index contributed by atoms with van der Waals surface area (Å²) in [7, 11) is 0.754. The SMILES string of the molecule is COc1cc(B2OCCCC(C)(C)C(C)(C)O2)cc2c1C(=O)N(CC(F)(F)F)CC2. The van der Waals surface area contributed by atoms with E-state index in [1.807, 2.05) is 13.8 Å². The van der Waals surface area contributed by atoms with Crippen LogP contribution in [0.25, 0.3) is 0 Å². The van der Waals surface area contributed by atoms with E-state index in [9.17, 15) is 18.0 Å². The molecule has 0 saturated carbocycles. The number of carbonyl (C=O) groups excluding carboxylic acids is 1. The largest absolute Gasteiger partial charge is 0.496 e. The zero-order valence-corrected chi connectivity index (χ0v) is 18.2. The molecule has 3 rings (SSSR count). The molecule has 0 radical (unpaired) electrons. The Balaban J connectivity index is 1.95. The van der Waals surface area contributed by atoms with E-state index >= 15 is 0 Å². The van der Waals surface area contributed by atoms with Crippen LogP contribution in [0.1, 0.15) is 56.5 Å². The second-order valence-corrected chi connectivity index (χ2v) is 9.17. The first kappa shape index (κ1) is 22.9. The lowest BCUT2D eigenvalue weighted by Gasteiger charge is -2.45. The van der Waals surface area contributed by atoms with E-state index in [2.05, 4.69) is 13.8 Å². The fourth-order valence-electron chi connectivity index (χ4n) is 3.95. The predicted molar refractivity (Wildman–Crippen MR) is 108 cm³/mol. The normalized spacial score (nSPS) is 21.7. The van der Waals surface area contributed by atoms with Crippen LogP contribution < -0.4 is 10.2 Å². The maximum Gasteiger partial charge on any atom is 0.494 e. The van der Waals surface area contributed by atoms with E-state index < -0.39 is 31.3 Å². The second kappa shape index (κ2) is 8.07. The Hall–Kier alpha value is -1.74. The summed E-state index contributed by atoms with van der Waals surface area (Å²) in [5.74, 6) is -0.427. The molecule has 30 heavy (non-hydrogen) atoms. The molecule has 0 atom stereocenters. The number of methoxy groups -OCH3 is 1. The summed E-state index contributed by atoms with van der Waals surface area (Å²) in [6, 6.07) is 3.44. The van der Waals surface area contributed by atoms with Crippen LogP contribution in [0.15, 0.2) is 12.1 Å². The predicted octanol–water partition coefficient (Wildman–Crippen LogP) is 3.58. The molecule has 1 fully saturated rings. The van der Waals surface area contributed by atoms with Crippen molar-refractivity contribution in [3.63, 3.8) is 0 Å². The molecule has 2 heterocycles. The Bertz CT molecular complexity index is 793. The van der Waals surface area contributed by atoms with Gasteiger partial charge in [-0.3, -0.25) is 4.79 Å². The molecule has 9 heteroatoms. The molecule has 166 valence electrons. The minimum absolute atomic E-state index is 0.00283. The Kier molecular flexibility index (Phi) is 6.17. The van der Waals surface area contributed by atoms with Gasteiger partial charge in [0.05, 0.1) is 18.3 Å². The van der Waals surface area contributed by atoms with Crippen molar-refractivity contribution in [3.05, 3.63) is 23.3 Å². The number of fused-ring (bicyclic) bond motifs is 1. The first-order valence-corrected chi connectivity index (χ1v) is 10.2. The number of ether oxygens (including phenoxy) is 1. The third-order valence-electron chi connectivity index (χ3n) is 6.47. The summed E-state index contributed by atoms with van der Waals surface area (Å²) in [5, 5.41) is 0. The zero-order valence-electron chi connectivity index (χ0n) is 18.2. The summed E-state index contributed by atoms with van der Waals surface area (Å²) in [6.45, 7) is 7.65. The van der Waals surface area contributed by atoms with Gasteiger partial charge in [-0.25, -0.2) is 0 Å². The topological polar surface area (TPSA) is 48.0 Å². The van der Waals surface area contributed by atoms with Gasteiger partial charge in [-0.05, 0) is 55.6 Å². The quantitative estimate of drug-likeness (QED) is 0.693. The van der Waals surface area contributed by atoms with Gasteiger partial charge in [0, 0.05) is 13.2 Å². The van der Waals surface area contributed by atoms with E-state index in [0.717, 1.165) is 17.7 Å². The smallest absolute Gasteiger partial charge is 0.494 e. The van der Waals surface area contributed by atoms with Crippen LogP contribution in [0.4, 0.5) is 13.2 Å². The summed E-state index contributed by atoms with van der Waals surface area (Å²) >= 11 is 0. The van der Waals surface area contributed by atoms with Gasteiger partial charge in [0.2, 0.25) is 0 Å². The summed E-state index contributed by atoms with van der Waals surface area (Å²) < 4.78 is 56.2. The molecular formula is C21H29BF3NO4. The van der Waals surface area contributed by atoms with Crippen LogP contribution in [-0.2, 0) is 15.7 Å². The third-order valence-corrected chi connectivity index (χ3v) is 6.47. The lowest BCUT2D eigenvalue weighted by molar-refractivity contribution is -0.141. The molecule has 1 aromatic carbocycles. The van der Waals surface area contributed by atoms with E-state index in [-0.39, 0.29) is 23.3 Å². The van der Waals surface area contributed by atoms with Gasteiger partial charge in [-0.2, -0.15) is 13.2 Å². The van der Waals surface area contributed by atoms with Gasteiger partial charge in [-0.15, -0.1) is 0 Å². The molecule has 1 aromatic rings. The summed E-state index contributed by atoms with van der Waals surface area (Å²) in [4.78, 5) is 13.6. The van der Waals surface area contributed by atoms with Crippen molar-refractivity contribution in [2.45, 2.75) is 58.7 Å². The van der Waals surface area contributed by atoms with Gasteiger partial charge < -0.3 is 18.9 Å². The van der Waals surface area contributed by atoms with E-state index in [1.165, 1.54) is 7.11 Å². The van der Waals surface area contributed by atoms with E-state index in [1.54, 1.807) is 12.1 Å². The average Bonchev–Trinajstić information content (AvgIpc) is 2.63. The minimum atomic E-state index is -4.45. The highest BCUT2D eigenvalue weighted by Gasteiger charge is 2.44. The molecular weight excluding hydrogens is 398 g/mol. The molecule has 0 spiro atoms. The Labute approximate surface area is 176 Å². The maximum absolute atomic E-state index is 12.8. The van der Waals surface area contributed by atoms with Gasteiger partial charge in [0.25, 0.3) is 5.91 Å². The first-order chi connectivity index (χ1) is 13.8. The van der Waals surface area contributed by atoms with Crippen LogP contribution in [0.3, 0.4) is 0 Å². The van der Waals surface area contributed by atoms with Crippen molar-refractivity contribution in [2.75, 3.05) is 26.8 Å². The van der Waals surface area contributed by atoms with Gasteiger partial charge >= 0.3 is 13.3 Å². The fourth-order valence-corrected chi connectivity index (χ4v) is 3.95. The number of rotatable bonds is 3. The van der Waals surface area contributed by atoms with Gasteiger partial charge in [0.1, 0.15) is 12.3 Å². The standard InChI is InChI=1S/C21H29BF3NO4/c1-19(2)8-6-10-29-22(30-20(19,3)4)15-11-14-7-9-26(13-21(23,24)25)18(27)17(14)16(12-15)28-5/h11-12H,6-10,13H2,1-5H3. The van der Waals surface area contributed by atoms with Crippen molar-refractivity contribution in [1.29, 1.82) is 0 Å². The van der Waals surface area contributed by atoms with E-state index in [4.69, 9.17) is 14.0 Å². The molecule has 1 amide bonds. The number of amides is 1. The lowest BCUT2D eigenvalue weighted by Crippen LogP contribution is -2.52.